The molecule has 0 aliphatic rings. The number of hydrogen-bond donors (Lipinski definition) is 4. The van der Waals surface area contributed by atoms with Gasteiger partial charge in [0.25, 0.3) is 11.8 Å². The predicted octanol–water partition coefficient (Wildman–Crippen LogP) is 10.7. The summed E-state index contributed by atoms with van der Waals surface area (Å²) in [7, 11) is 0. The van der Waals surface area contributed by atoms with Crippen LogP contribution in [0.5, 0.6) is 11.5 Å². The number of ether oxygens (including phenoxy) is 7. The Kier molecular flexibility index (Phi) is 28.9. The summed E-state index contributed by atoms with van der Waals surface area (Å²) in [5.41, 5.74) is 3.12. The van der Waals surface area contributed by atoms with Crippen LogP contribution in [0.2, 0.25) is 10.0 Å². The predicted molar refractivity (Wildman–Crippen MR) is 306 cm³/mol. The Labute approximate surface area is 481 Å². The van der Waals surface area contributed by atoms with Crippen molar-refractivity contribution in [1.29, 1.82) is 0 Å². The minimum Gasteiger partial charge on any atom is -0.476 e. The normalized spacial score (nSPS) is 11.3. The van der Waals surface area contributed by atoms with Crippen LogP contribution in [-0.2, 0) is 55.7 Å². The molecular weight excluding hydrogens is 1080 g/mol. The van der Waals surface area contributed by atoms with Crippen LogP contribution in [-0.4, -0.2) is 96.3 Å². The number of amides is 3. The minimum atomic E-state index is -1.39. The maximum absolute atomic E-state index is 12.8. The lowest BCUT2D eigenvalue weighted by Crippen LogP contribution is -2.55. The lowest BCUT2D eigenvalue weighted by molar-refractivity contribution is -0.182. The first-order valence-corrected chi connectivity index (χ1v) is 26.0. The number of benzene rings is 4. The van der Waals surface area contributed by atoms with Crippen LogP contribution in [0.15, 0.2) is 97.1 Å². The summed E-state index contributed by atoms with van der Waals surface area (Å²) < 4.78 is 37.3. The van der Waals surface area contributed by atoms with E-state index in [1.165, 1.54) is 13.8 Å². The second-order valence-corrected chi connectivity index (χ2v) is 20.7. The molecule has 0 spiro atoms. The molecule has 0 atom stereocenters. The number of carbonyl (C=O) groups is 7. The average molecular weight is 1160 g/mol. The van der Waals surface area contributed by atoms with Crippen molar-refractivity contribution in [1.82, 2.24) is 16.0 Å². The smallest absolute Gasteiger partial charge is 0.408 e. The van der Waals surface area contributed by atoms with Crippen molar-refractivity contribution < 1.29 is 66.7 Å². The molecule has 0 saturated carbocycles. The zero-order valence-electron chi connectivity index (χ0n) is 46.3. The standard InChI is InChI=1S/C31H41ClN2O8.C26H33ClN2O6.CH4.ClH/c1-8-31(9-2,34-28(38)42-29(3,4)5)27(37)40-20-39-26(36)30(6,7)41-24-16-10-21(11-17-24)18-19-33-25(35)22-12-14-23(32)15-13-22;1-5-26(28,6-2)24(32)34-17-33-23(31)25(3,4)35-21-13-7-18(8-14-21)15-16-29-22(30)19-9-11-20(27)12-10-19;;/h10-17H,8-9,18-20H2,1-7H3,(H,33,35)(H,34,38);7-14H,5-6,15-17,28H2,1-4H3,(H,29,30);1H4;1H. The molecule has 0 saturated heterocycles. The summed E-state index contributed by atoms with van der Waals surface area (Å²) in [6.07, 6.45) is 1.78. The van der Waals surface area contributed by atoms with Crippen molar-refractivity contribution in [2.75, 3.05) is 26.7 Å². The van der Waals surface area contributed by atoms with Crippen LogP contribution < -0.4 is 31.2 Å². The first-order chi connectivity index (χ1) is 36.1. The van der Waals surface area contributed by atoms with Crippen LogP contribution in [0.3, 0.4) is 0 Å². The zero-order chi connectivity index (χ0) is 57.6. The van der Waals surface area contributed by atoms with Gasteiger partial charge in [0.2, 0.25) is 13.6 Å². The number of alkyl carbamates (subject to hydrolysis) is 1. The number of esters is 4. The number of carbonyl (C=O) groups excluding carboxylic acids is 7. The molecule has 0 bridgehead atoms. The van der Waals surface area contributed by atoms with Crippen molar-refractivity contribution in [2.45, 2.75) is 150 Å². The Morgan fingerprint density at radius 2 is 0.835 bits per heavy atom. The number of rotatable bonds is 25. The minimum absolute atomic E-state index is 0. The Morgan fingerprint density at radius 1 is 0.494 bits per heavy atom. The van der Waals surface area contributed by atoms with Crippen LogP contribution in [0.1, 0.15) is 141 Å². The highest BCUT2D eigenvalue weighted by Gasteiger charge is 2.41. The number of nitrogens with one attached hydrogen (secondary N) is 3. The second kappa shape index (κ2) is 32.5. The number of hydrogen-bond acceptors (Lipinski definition) is 15. The van der Waals surface area contributed by atoms with Gasteiger partial charge in [-0.15, -0.1) is 12.4 Å². The van der Waals surface area contributed by atoms with Gasteiger partial charge in [-0.25, -0.2) is 24.0 Å². The first kappa shape index (κ1) is 70.4. The van der Waals surface area contributed by atoms with E-state index in [0.717, 1.165) is 11.1 Å². The molecular formula is C58H79Cl3N4O14. The van der Waals surface area contributed by atoms with E-state index in [-0.39, 0.29) is 44.5 Å². The van der Waals surface area contributed by atoms with Gasteiger partial charge < -0.3 is 54.8 Å². The maximum atomic E-state index is 12.8. The van der Waals surface area contributed by atoms with Crippen molar-refractivity contribution in [2.24, 2.45) is 5.73 Å². The van der Waals surface area contributed by atoms with Gasteiger partial charge in [0, 0.05) is 34.3 Å². The Hall–Kier alpha value is -6.60. The highest BCUT2D eigenvalue weighted by Crippen LogP contribution is 2.24. The van der Waals surface area contributed by atoms with Crippen molar-refractivity contribution in [3.63, 3.8) is 0 Å². The molecule has 0 aliphatic carbocycles. The van der Waals surface area contributed by atoms with Crippen LogP contribution in [0, 0.1) is 0 Å². The quantitative estimate of drug-likeness (QED) is 0.0274. The monoisotopic (exact) mass is 1160 g/mol. The van der Waals surface area contributed by atoms with E-state index in [9.17, 15) is 33.6 Å². The fourth-order valence-electron chi connectivity index (χ4n) is 6.87. The molecule has 79 heavy (non-hydrogen) atoms. The third-order valence-corrected chi connectivity index (χ3v) is 12.5. The molecule has 21 heteroatoms. The largest absolute Gasteiger partial charge is 0.476 e. The lowest BCUT2D eigenvalue weighted by Gasteiger charge is -2.31. The van der Waals surface area contributed by atoms with Crippen LogP contribution >= 0.6 is 35.6 Å². The van der Waals surface area contributed by atoms with E-state index in [2.05, 4.69) is 16.0 Å². The van der Waals surface area contributed by atoms with Crippen LogP contribution in [0.25, 0.3) is 0 Å². The summed E-state index contributed by atoms with van der Waals surface area (Å²) in [6.45, 7) is 18.1. The second-order valence-electron chi connectivity index (χ2n) is 19.8. The molecule has 0 aliphatic heterocycles. The Balaban J connectivity index is 0.000000782. The summed E-state index contributed by atoms with van der Waals surface area (Å²) in [5.74, 6) is -2.26. The van der Waals surface area contributed by atoms with Gasteiger partial charge in [-0.3, -0.25) is 9.59 Å². The molecule has 436 valence electrons. The van der Waals surface area contributed by atoms with Crippen molar-refractivity contribution in [3.05, 3.63) is 129 Å². The summed E-state index contributed by atoms with van der Waals surface area (Å²) in [6, 6.07) is 27.6. The van der Waals surface area contributed by atoms with Crippen molar-refractivity contribution in [3.8, 4) is 11.5 Å². The molecule has 4 aromatic carbocycles. The van der Waals surface area contributed by atoms with Gasteiger partial charge in [0.15, 0.2) is 11.2 Å². The molecule has 4 aromatic rings. The molecule has 0 radical (unpaired) electrons. The summed E-state index contributed by atoms with van der Waals surface area (Å²) >= 11 is 11.7. The Morgan fingerprint density at radius 3 is 1.16 bits per heavy atom. The lowest BCUT2D eigenvalue weighted by atomic mass is 9.93. The maximum Gasteiger partial charge on any atom is 0.408 e. The van der Waals surface area contributed by atoms with Crippen LogP contribution in [0.4, 0.5) is 4.79 Å². The van der Waals surface area contributed by atoms with E-state index < -0.39 is 71.4 Å². The fourth-order valence-corrected chi connectivity index (χ4v) is 7.13. The SMILES string of the molecule is C.CCC(CC)(NC(=O)OC(C)(C)C)C(=O)OCOC(=O)C(C)(C)Oc1ccc(CCNC(=O)c2ccc(Cl)cc2)cc1.CCC(N)(CC)C(=O)OCOC(=O)C(C)(C)Oc1ccc(CCNC(=O)c2ccc(Cl)cc2)cc1.Cl. The van der Waals surface area contributed by atoms with E-state index in [4.69, 9.17) is 62.1 Å². The van der Waals surface area contributed by atoms with Gasteiger partial charge in [0.05, 0.1) is 0 Å². The molecule has 4 rings (SSSR count). The van der Waals surface area contributed by atoms with E-state index in [0.29, 0.717) is 71.4 Å². The number of nitrogens with two attached hydrogens (primary N) is 1. The third kappa shape index (κ3) is 23.3. The highest BCUT2D eigenvalue weighted by atomic mass is 35.5. The van der Waals surface area contributed by atoms with Gasteiger partial charge in [-0.1, -0.05) is 82.6 Å². The topological polar surface area (TPSA) is 246 Å². The molecule has 0 aromatic heterocycles. The Bertz CT molecular complexity index is 2580. The number of halogens is 3. The van der Waals surface area contributed by atoms with E-state index >= 15 is 0 Å². The van der Waals surface area contributed by atoms with E-state index in [1.54, 1.807) is 135 Å². The van der Waals surface area contributed by atoms with Crippen molar-refractivity contribution >= 4 is 77.4 Å². The summed E-state index contributed by atoms with van der Waals surface area (Å²) in [4.78, 5) is 86.7. The van der Waals surface area contributed by atoms with Gasteiger partial charge in [0.1, 0.15) is 28.2 Å². The highest BCUT2D eigenvalue weighted by molar-refractivity contribution is 6.31. The van der Waals surface area contributed by atoms with Gasteiger partial charge >= 0.3 is 30.0 Å². The molecule has 5 N–H and O–H groups in total. The molecule has 0 fully saturated rings. The molecule has 0 heterocycles. The fraction of sp³-hybridized carbons (Fsp3) is 0.466. The molecule has 3 amide bonds. The third-order valence-electron chi connectivity index (χ3n) is 12.0. The first-order valence-electron chi connectivity index (χ1n) is 25.2. The van der Waals surface area contributed by atoms with E-state index in [1.807, 2.05) is 24.3 Å². The van der Waals surface area contributed by atoms with Gasteiger partial charge in [-0.05, 0) is 171 Å². The molecule has 18 nitrogen and oxygen atoms in total. The van der Waals surface area contributed by atoms with Gasteiger partial charge in [-0.2, -0.15) is 0 Å². The molecule has 0 unspecified atom stereocenters. The summed E-state index contributed by atoms with van der Waals surface area (Å²) in [5, 5.41) is 9.45. The average Bonchev–Trinajstić information content (AvgIpc) is 3.38. The zero-order valence-corrected chi connectivity index (χ0v) is 48.6.